The molecule has 0 aliphatic carbocycles. The smallest absolute Gasteiger partial charge is 0.270 e. The van der Waals surface area contributed by atoms with E-state index in [1.807, 2.05) is 12.1 Å². The van der Waals surface area contributed by atoms with Gasteiger partial charge in [0.25, 0.3) is 5.69 Å². The Kier molecular flexibility index (Phi) is 4.48. The number of hydrogen-bond donors (Lipinski definition) is 0. The number of nitro groups is 1. The molecule has 9 heteroatoms. The molecule has 0 bridgehead atoms. The van der Waals surface area contributed by atoms with Crippen LogP contribution in [-0.2, 0) is 23.0 Å². The van der Waals surface area contributed by atoms with Gasteiger partial charge in [-0.15, -0.1) is 0 Å². The molecule has 0 atom stereocenters. The maximum Gasteiger partial charge on any atom is 0.270 e. The number of sulfonamides is 1. The molecule has 0 fully saturated rings. The van der Waals surface area contributed by atoms with Crippen molar-refractivity contribution in [3.05, 3.63) is 57.6 Å². The molecular weight excluding hydrogens is 372 g/mol. The van der Waals surface area contributed by atoms with Gasteiger partial charge in [0.1, 0.15) is 0 Å². The molecule has 0 spiro atoms. The van der Waals surface area contributed by atoms with Gasteiger partial charge in [-0.05, 0) is 35.7 Å². The largest absolute Gasteiger partial charge is 0.490 e. The highest BCUT2D eigenvalue weighted by molar-refractivity contribution is 7.89. The number of ether oxygens (including phenoxy) is 2. The number of fused-ring (bicyclic) bond motifs is 2. The molecule has 2 aliphatic rings. The van der Waals surface area contributed by atoms with Crippen LogP contribution in [0.3, 0.4) is 0 Å². The topological polar surface area (TPSA) is 99.0 Å². The molecule has 0 saturated carbocycles. The Bertz CT molecular complexity index is 1000. The van der Waals surface area contributed by atoms with E-state index in [0.29, 0.717) is 37.7 Å². The summed E-state index contributed by atoms with van der Waals surface area (Å²) in [6.07, 6.45) is 1.34. The third-order valence-electron chi connectivity index (χ3n) is 4.71. The molecule has 27 heavy (non-hydrogen) atoms. The van der Waals surface area contributed by atoms with Crippen molar-refractivity contribution in [3.63, 3.8) is 0 Å². The number of nitro benzene ring substituents is 1. The summed E-state index contributed by atoms with van der Waals surface area (Å²) in [5.74, 6) is 1.32. The van der Waals surface area contributed by atoms with Gasteiger partial charge >= 0.3 is 0 Å². The van der Waals surface area contributed by atoms with Crippen LogP contribution in [0, 0.1) is 10.1 Å². The number of hydrogen-bond acceptors (Lipinski definition) is 6. The van der Waals surface area contributed by atoms with Crippen LogP contribution < -0.4 is 9.47 Å². The maximum atomic E-state index is 13.0. The monoisotopic (exact) mass is 390 g/mol. The van der Waals surface area contributed by atoms with Crippen LogP contribution in [0.2, 0.25) is 0 Å². The number of nitrogens with zero attached hydrogens (tertiary/aromatic N) is 2. The van der Waals surface area contributed by atoms with Crippen LogP contribution >= 0.6 is 0 Å². The SMILES string of the molecule is O=[N+]([O-])c1cccc(S(=O)(=O)N2CCc3cc4c(cc3C2)OCCCO4)c1. The van der Waals surface area contributed by atoms with Crippen LogP contribution in [0.25, 0.3) is 0 Å². The maximum absolute atomic E-state index is 13.0. The van der Waals surface area contributed by atoms with Gasteiger partial charge in [0.2, 0.25) is 10.0 Å². The summed E-state index contributed by atoms with van der Waals surface area (Å²) >= 11 is 0. The van der Waals surface area contributed by atoms with E-state index in [0.717, 1.165) is 23.6 Å². The van der Waals surface area contributed by atoms with Crippen molar-refractivity contribution in [2.75, 3.05) is 19.8 Å². The van der Waals surface area contributed by atoms with Gasteiger partial charge in [0.15, 0.2) is 11.5 Å². The van der Waals surface area contributed by atoms with E-state index in [9.17, 15) is 18.5 Å². The van der Waals surface area contributed by atoms with Gasteiger partial charge in [0.05, 0.1) is 23.0 Å². The summed E-state index contributed by atoms with van der Waals surface area (Å²) in [5.41, 5.74) is 1.65. The van der Waals surface area contributed by atoms with Crippen LogP contribution in [-0.4, -0.2) is 37.4 Å². The van der Waals surface area contributed by atoms with Crippen molar-refractivity contribution >= 4 is 15.7 Å². The first-order valence-electron chi connectivity index (χ1n) is 8.61. The lowest BCUT2D eigenvalue weighted by molar-refractivity contribution is -0.385. The van der Waals surface area contributed by atoms with E-state index < -0.39 is 14.9 Å². The molecule has 0 radical (unpaired) electrons. The van der Waals surface area contributed by atoms with Gasteiger partial charge < -0.3 is 9.47 Å². The molecule has 0 amide bonds. The van der Waals surface area contributed by atoms with Crippen molar-refractivity contribution in [2.24, 2.45) is 0 Å². The fourth-order valence-electron chi connectivity index (χ4n) is 3.30. The summed E-state index contributed by atoms with van der Waals surface area (Å²) in [7, 11) is -3.83. The second kappa shape index (κ2) is 6.82. The van der Waals surface area contributed by atoms with Crippen LogP contribution in [0.4, 0.5) is 5.69 Å². The van der Waals surface area contributed by atoms with E-state index in [1.54, 1.807) is 0 Å². The predicted octanol–water partition coefficient (Wildman–Crippen LogP) is 2.50. The summed E-state index contributed by atoms with van der Waals surface area (Å²) in [5, 5.41) is 11.0. The molecule has 4 rings (SSSR count). The second-order valence-electron chi connectivity index (χ2n) is 6.46. The zero-order valence-electron chi connectivity index (χ0n) is 14.5. The van der Waals surface area contributed by atoms with E-state index >= 15 is 0 Å². The molecule has 0 aromatic heterocycles. The zero-order chi connectivity index (χ0) is 19.0. The minimum absolute atomic E-state index is 0.0745. The summed E-state index contributed by atoms with van der Waals surface area (Å²) in [4.78, 5) is 10.3. The molecular formula is C18H18N2O6S. The Hall–Kier alpha value is -2.65. The summed E-state index contributed by atoms with van der Waals surface area (Å²) in [6.45, 7) is 1.65. The van der Waals surface area contributed by atoms with Gasteiger partial charge in [-0.3, -0.25) is 10.1 Å². The molecule has 2 aromatic rings. The van der Waals surface area contributed by atoms with Gasteiger partial charge in [-0.2, -0.15) is 4.31 Å². The van der Waals surface area contributed by atoms with E-state index in [1.165, 1.54) is 22.5 Å². The summed E-state index contributed by atoms with van der Waals surface area (Å²) in [6, 6.07) is 8.90. The fraction of sp³-hybridized carbons (Fsp3) is 0.333. The van der Waals surface area contributed by atoms with Crippen LogP contribution in [0.5, 0.6) is 11.5 Å². The first kappa shape index (κ1) is 17.7. The molecule has 2 heterocycles. The Morgan fingerprint density at radius 1 is 1.04 bits per heavy atom. The Morgan fingerprint density at radius 2 is 1.74 bits per heavy atom. The molecule has 0 N–H and O–H groups in total. The van der Waals surface area contributed by atoms with Crippen LogP contribution in [0.15, 0.2) is 41.3 Å². The Labute approximate surface area is 156 Å². The summed E-state index contributed by atoms with van der Waals surface area (Å²) < 4.78 is 38.7. The fourth-order valence-corrected chi connectivity index (χ4v) is 4.76. The molecule has 2 aromatic carbocycles. The average molecular weight is 390 g/mol. The molecule has 2 aliphatic heterocycles. The first-order chi connectivity index (χ1) is 12.9. The van der Waals surface area contributed by atoms with E-state index in [4.69, 9.17) is 9.47 Å². The van der Waals surface area contributed by atoms with Crippen molar-refractivity contribution in [1.82, 2.24) is 4.31 Å². The van der Waals surface area contributed by atoms with E-state index in [-0.39, 0.29) is 17.1 Å². The van der Waals surface area contributed by atoms with Gasteiger partial charge in [-0.25, -0.2) is 8.42 Å². The van der Waals surface area contributed by atoms with Crippen molar-refractivity contribution < 1.29 is 22.8 Å². The molecule has 0 unspecified atom stereocenters. The lowest BCUT2D eigenvalue weighted by Gasteiger charge is -2.28. The highest BCUT2D eigenvalue weighted by atomic mass is 32.2. The minimum atomic E-state index is -3.83. The Morgan fingerprint density at radius 3 is 2.44 bits per heavy atom. The molecule has 142 valence electrons. The quantitative estimate of drug-likeness (QED) is 0.590. The zero-order valence-corrected chi connectivity index (χ0v) is 15.3. The van der Waals surface area contributed by atoms with Crippen LogP contribution in [0.1, 0.15) is 17.5 Å². The highest BCUT2D eigenvalue weighted by Gasteiger charge is 2.30. The third-order valence-corrected chi connectivity index (χ3v) is 6.55. The normalized spacial score (nSPS) is 17.0. The van der Waals surface area contributed by atoms with E-state index in [2.05, 4.69) is 0 Å². The van der Waals surface area contributed by atoms with Gasteiger partial charge in [0, 0.05) is 31.6 Å². The second-order valence-corrected chi connectivity index (χ2v) is 8.40. The minimum Gasteiger partial charge on any atom is -0.490 e. The van der Waals surface area contributed by atoms with Crippen molar-refractivity contribution in [1.29, 1.82) is 0 Å². The average Bonchev–Trinajstić information content (AvgIpc) is 2.90. The van der Waals surface area contributed by atoms with Crippen molar-refractivity contribution in [2.45, 2.75) is 24.3 Å². The lowest BCUT2D eigenvalue weighted by Crippen LogP contribution is -2.36. The standard InChI is InChI=1S/C18H18N2O6S/c21-20(22)15-3-1-4-16(11-15)27(23,24)19-6-5-13-9-17-18(10-14(13)12-19)26-8-2-7-25-17/h1,3-4,9-11H,2,5-8,12H2. The lowest BCUT2D eigenvalue weighted by atomic mass is 10.0. The first-order valence-corrected chi connectivity index (χ1v) is 10.1. The van der Waals surface area contributed by atoms with Crippen molar-refractivity contribution in [3.8, 4) is 11.5 Å². The Balaban J connectivity index is 1.65. The predicted molar refractivity (Wildman–Crippen MR) is 96.4 cm³/mol. The van der Waals surface area contributed by atoms with Gasteiger partial charge in [-0.1, -0.05) is 6.07 Å². The number of benzene rings is 2. The number of non-ortho nitro benzene ring substituents is 1. The third kappa shape index (κ3) is 3.35. The number of rotatable bonds is 3. The molecule has 8 nitrogen and oxygen atoms in total. The molecule has 0 saturated heterocycles. The highest BCUT2D eigenvalue weighted by Crippen LogP contribution is 2.36.